The van der Waals surface area contributed by atoms with Crippen molar-refractivity contribution in [3.05, 3.63) is 29.6 Å². The number of rotatable bonds is 4. The number of nitrogens with two attached hydrogens (primary N) is 1. The molecule has 2 aliphatic carbocycles. The third-order valence-corrected chi connectivity index (χ3v) is 7.07. The topological polar surface area (TPSA) is 68.5 Å². The summed E-state index contributed by atoms with van der Waals surface area (Å²) < 4.78 is 6.27. The fourth-order valence-corrected chi connectivity index (χ4v) is 5.66. The minimum absolute atomic E-state index is 0.311. The van der Waals surface area contributed by atoms with Gasteiger partial charge in [0, 0.05) is 44.3 Å². The lowest BCUT2D eigenvalue weighted by Crippen LogP contribution is -2.62. The molecule has 4 rings (SSSR count). The van der Waals surface area contributed by atoms with Crippen LogP contribution >= 0.6 is 0 Å². The highest BCUT2D eigenvalue weighted by Crippen LogP contribution is 2.52. The molecule has 1 saturated heterocycles. The lowest BCUT2D eigenvalue weighted by molar-refractivity contribution is -0.181. The van der Waals surface area contributed by atoms with E-state index in [4.69, 9.17) is 10.5 Å². The first-order valence-corrected chi connectivity index (χ1v) is 9.61. The maximum atomic E-state index is 11.6. The Hall–Kier alpha value is -1.46. The molecule has 0 spiro atoms. The highest BCUT2D eigenvalue weighted by atomic mass is 16.5. The Morgan fingerprint density at radius 3 is 2.52 bits per heavy atom. The molecule has 0 aromatic carbocycles. The molecule has 2 heterocycles. The van der Waals surface area contributed by atoms with E-state index in [-0.39, 0.29) is 5.60 Å². The second kappa shape index (κ2) is 6.36. The lowest BCUT2D eigenvalue weighted by Gasteiger charge is -2.58. The number of fused-ring (bicyclic) bond motifs is 2. The molecule has 2 bridgehead atoms. The quantitative estimate of drug-likeness (QED) is 0.912. The van der Waals surface area contributed by atoms with E-state index in [0.717, 1.165) is 30.6 Å². The molecule has 3 fully saturated rings. The number of aromatic nitrogens is 1. The van der Waals surface area contributed by atoms with Crippen LogP contribution in [0.3, 0.4) is 0 Å². The summed E-state index contributed by atoms with van der Waals surface area (Å²) >= 11 is 0. The van der Waals surface area contributed by atoms with Crippen molar-refractivity contribution in [3.8, 4) is 0 Å². The van der Waals surface area contributed by atoms with Crippen molar-refractivity contribution < 1.29 is 9.53 Å². The van der Waals surface area contributed by atoms with Crippen LogP contribution in [0.25, 0.3) is 0 Å². The number of ether oxygens (including phenoxy) is 1. The van der Waals surface area contributed by atoms with E-state index < -0.39 is 5.91 Å². The van der Waals surface area contributed by atoms with Crippen LogP contribution in [0.1, 0.15) is 55.1 Å². The Morgan fingerprint density at radius 2 is 2.00 bits per heavy atom. The van der Waals surface area contributed by atoms with E-state index in [1.807, 2.05) is 19.2 Å². The average molecular weight is 343 g/mol. The zero-order valence-corrected chi connectivity index (χ0v) is 15.3. The summed E-state index contributed by atoms with van der Waals surface area (Å²) in [4.78, 5) is 18.5. The van der Waals surface area contributed by atoms with Gasteiger partial charge < -0.3 is 10.5 Å². The first-order chi connectivity index (χ1) is 12.1. The van der Waals surface area contributed by atoms with Crippen LogP contribution in [0.2, 0.25) is 0 Å². The van der Waals surface area contributed by atoms with Crippen molar-refractivity contribution in [2.75, 3.05) is 20.2 Å². The molecule has 2 unspecified atom stereocenters. The summed E-state index contributed by atoms with van der Waals surface area (Å²) in [6.07, 6.45) is 8.01. The first-order valence-electron chi connectivity index (χ1n) is 9.61. The molecule has 2 N–H and O–H groups in total. The monoisotopic (exact) mass is 343 g/mol. The molecular formula is C20H29N3O2. The molecule has 0 radical (unpaired) electrons. The number of pyridine rings is 1. The number of amides is 1. The van der Waals surface area contributed by atoms with Gasteiger partial charge in [-0.25, -0.2) is 0 Å². The molecule has 5 nitrogen and oxygen atoms in total. The van der Waals surface area contributed by atoms with Crippen LogP contribution in [0, 0.1) is 17.8 Å². The molecule has 5 heteroatoms. The predicted molar refractivity (Wildman–Crippen MR) is 96.0 cm³/mol. The van der Waals surface area contributed by atoms with Gasteiger partial charge in [-0.1, -0.05) is 13.3 Å². The van der Waals surface area contributed by atoms with Gasteiger partial charge in [-0.2, -0.15) is 0 Å². The fourth-order valence-electron chi connectivity index (χ4n) is 5.66. The molecule has 2 saturated carbocycles. The van der Waals surface area contributed by atoms with E-state index in [2.05, 4.69) is 16.8 Å². The van der Waals surface area contributed by atoms with Crippen molar-refractivity contribution in [2.24, 2.45) is 23.5 Å². The van der Waals surface area contributed by atoms with Crippen molar-refractivity contribution in [3.63, 3.8) is 0 Å². The summed E-state index contributed by atoms with van der Waals surface area (Å²) in [5, 5.41) is 0. The van der Waals surface area contributed by atoms with Gasteiger partial charge in [-0.3, -0.25) is 14.7 Å². The Morgan fingerprint density at radius 1 is 1.28 bits per heavy atom. The zero-order valence-electron chi connectivity index (χ0n) is 15.3. The third kappa shape index (κ3) is 2.59. The summed E-state index contributed by atoms with van der Waals surface area (Å²) in [6.45, 7) is 4.56. The second-order valence-corrected chi connectivity index (χ2v) is 8.19. The molecule has 3 aliphatic rings. The van der Waals surface area contributed by atoms with Crippen LogP contribution in [-0.4, -0.2) is 42.0 Å². The fraction of sp³-hybridized carbons (Fsp3) is 0.700. The number of hydrogen-bond acceptors (Lipinski definition) is 4. The summed E-state index contributed by atoms with van der Waals surface area (Å²) in [5.74, 6) is 1.26. The van der Waals surface area contributed by atoms with E-state index in [1.54, 1.807) is 6.20 Å². The molecule has 1 aromatic heterocycles. The summed E-state index contributed by atoms with van der Waals surface area (Å²) in [5.41, 5.74) is 6.57. The van der Waals surface area contributed by atoms with E-state index in [9.17, 15) is 4.79 Å². The van der Waals surface area contributed by atoms with Crippen LogP contribution in [0.5, 0.6) is 0 Å². The number of hydrogen-bond donors (Lipinski definition) is 1. The van der Waals surface area contributed by atoms with Crippen LogP contribution < -0.4 is 5.73 Å². The zero-order chi connectivity index (χ0) is 17.6. The van der Waals surface area contributed by atoms with Gasteiger partial charge in [0.05, 0.1) is 0 Å². The maximum absolute atomic E-state index is 11.6. The van der Waals surface area contributed by atoms with Gasteiger partial charge in [-0.15, -0.1) is 0 Å². The third-order valence-electron chi connectivity index (χ3n) is 7.07. The molecule has 1 amide bonds. The Labute approximate surface area is 149 Å². The number of primary amides is 1. The molecule has 4 atom stereocenters. The molecule has 25 heavy (non-hydrogen) atoms. The Balaban J connectivity index is 1.69. The number of likely N-dealkylation sites (tertiary alicyclic amines) is 1. The average Bonchev–Trinajstić information content (AvgIpc) is 2.59. The molecule has 136 valence electrons. The van der Waals surface area contributed by atoms with Gasteiger partial charge in [0.25, 0.3) is 5.91 Å². The highest BCUT2D eigenvalue weighted by Gasteiger charge is 2.54. The number of nitrogens with zero attached hydrogens (tertiary/aromatic N) is 2. The Kier molecular flexibility index (Phi) is 4.32. The van der Waals surface area contributed by atoms with Gasteiger partial charge in [0.15, 0.2) is 0 Å². The minimum Gasteiger partial charge on any atom is -0.373 e. The van der Waals surface area contributed by atoms with Crippen LogP contribution in [0.15, 0.2) is 18.3 Å². The first kappa shape index (κ1) is 17.0. The van der Waals surface area contributed by atoms with E-state index in [0.29, 0.717) is 17.5 Å². The lowest BCUT2D eigenvalue weighted by atomic mass is 9.61. The smallest absolute Gasteiger partial charge is 0.267 e. The van der Waals surface area contributed by atoms with Crippen molar-refractivity contribution in [2.45, 2.75) is 50.7 Å². The minimum atomic E-state index is -0.473. The van der Waals surface area contributed by atoms with Gasteiger partial charge in [0.2, 0.25) is 0 Å². The predicted octanol–water partition coefficient (Wildman–Crippen LogP) is 2.55. The summed E-state index contributed by atoms with van der Waals surface area (Å²) in [6, 6.07) is 4.62. The van der Waals surface area contributed by atoms with Crippen molar-refractivity contribution in [1.82, 2.24) is 9.88 Å². The molecule has 1 aromatic rings. The number of piperidine rings is 1. The van der Waals surface area contributed by atoms with Crippen molar-refractivity contribution in [1.29, 1.82) is 0 Å². The standard InChI is InChI=1S/C20H29N3O2/c1-13-6-7-18(13)23-11-15-4-3-5-16(12-23)20(15,25-2)14-8-9-22-17(10-14)19(21)24/h8-10,13,15-16,18H,3-7,11-12H2,1-2H3,(H2,21,24)/t13-,15?,16?,18-,20?/m1/s1. The van der Waals surface area contributed by atoms with E-state index >= 15 is 0 Å². The normalized spacial score (nSPS) is 38.2. The molecule has 1 aliphatic heterocycles. The number of methoxy groups -OCH3 is 1. The Bertz CT molecular complexity index is 648. The SMILES string of the molecule is COC1(c2ccnc(C(N)=O)c2)C2CCCC1CN([C@@H]1CC[C@H]1C)C2. The summed E-state index contributed by atoms with van der Waals surface area (Å²) in [7, 11) is 1.83. The largest absolute Gasteiger partial charge is 0.373 e. The second-order valence-electron chi connectivity index (χ2n) is 8.19. The maximum Gasteiger partial charge on any atom is 0.267 e. The van der Waals surface area contributed by atoms with Crippen LogP contribution in [-0.2, 0) is 10.3 Å². The van der Waals surface area contributed by atoms with E-state index in [1.165, 1.54) is 32.1 Å². The van der Waals surface area contributed by atoms with Gasteiger partial charge in [0.1, 0.15) is 11.3 Å². The van der Waals surface area contributed by atoms with Crippen molar-refractivity contribution >= 4 is 5.91 Å². The number of carbonyl (C=O) groups excluding carboxylic acids is 1. The van der Waals surface area contributed by atoms with Gasteiger partial charge >= 0.3 is 0 Å². The number of carbonyl (C=O) groups is 1. The molecular weight excluding hydrogens is 314 g/mol. The van der Waals surface area contributed by atoms with Crippen LogP contribution in [0.4, 0.5) is 0 Å². The van der Waals surface area contributed by atoms with Gasteiger partial charge in [-0.05, 0) is 49.3 Å². The highest BCUT2D eigenvalue weighted by molar-refractivity contribution is 5.90.